The normalized spacial score (nSPS) is 21.6. The Hall–Kier alpha value is -0.0800. The summed E-state index contributed by atoms with van der Waals surface area (Å²) in [5.41, 5.74) is 0. The Bertz CT molecular complexity index is 164. The summed E-state index contributed by atoms with van der Waals surface area (Å²) < 4.78 is 0. The lowest BCUT2D eigenvalue weighted by molar-refractivity contribution is 0.132. The second-order valence-corrected chi connectivity index (χ2v) is 5.05. The first kappa shape index (κ1) is 12.0. The Balaban J connectivity index is 2.46. The minimum absolute atomic E-state index is 0.580. The summed E-state index contributed by atoms with van der Waals surface area (Å²) in [4.78, 5) is 2.64. The third kappa shape index (κ3) is 3.25. The van der Waals surface area contributed by atoms with Crippen molar-refractivity contribution in [2.75, 3.05) is 13.6 Å². The number of nitrogens with zero attached hydrogens (tertiary/aromatic N) is 1. The monoisotopic (exact) mass is 198 g/mol. The second-order valence-electron chi connectivity index (χ2n) is 5.05. The van der Waals surface area contributed by atoms with Gasteiger partial charge in [0.1, 0.15) is 0 Å². The molecule has 0 spiro atoms. The molecule has 2 unspecified atom stereocenters. The van der Waals surface area contributed by atoms with Crippen LogP contribution in [-0.2, 0) is 0 Å². The molecule has 1 N–H and O–H groups in total. The van der Waals surface area contributed by atoms with Crippen LogP contribution in [-0.4, -0.2) is 36.6 Å². The van der Waals surface area contributed by atoms with Crippen LogP contribution in [0.2, 0.25) is 0 Å². The van der Waals surface area contributed by atoms with E-state index in [1.54, 1.807) is 0 Å². The van der Waals surface area contributed by atoms with Crippen molar-refractivity contribution < 1.29 is 0 Å². The highest BCUT2D eigenvalue weighted by Gasteiger charge is 2.29. The van der Waals surface area contributed by atoms with Gasteiger partial charge in [-0.15, -0.1) is 0 Å². The number of hydrogen-bond donors (Lipinski definition) is 1. The lowest BCUT2D eigenvalue weighted by atomic mass is 10.1. The van der Waals surface area contributed by atoms with Crippen LogP contribution < -0.4 is 5.32 Å². The summed E-state index contributed by atoms with van der Waals surface area (Å²) in [5.74, 6) is 0.990. The van der Waals surface area contributed by atoms with Gasteiger partial charge in [0.05, 0.1) is 0 Å². The molecule has 0 radical (unpaired) electrons. The Kier molecular flexibility index (Phi) is 4.39. The van der Waals surface area contributed by atoms with Crippen LogP contribution >= 0.6 is 0 Å². The molecule has 0 aromatic heterocycles. The van der Waals surface area contributed by atoms with Crippen molar-refractivity contribution >= 4 is 0 Å². The Morgan fingerprint density at radius 3 is 2.14 bits per heavy atom. The standard InChI is InChI=1S/C12H26N2/c1-9(2)14(8-12-6-7-12)11(4)10(3)13-5/h9-13H,6-8H2,1-5H3. The molecule has 1 saturated carbocycles. The predicted octanol–water partition coefficient (Wildman–Crippen LogP) is 2.10. The largest absolute Gasteiger partial charge is 0.316 e. The minimum Gasteiger partial charge on any atom is -0.316 e. The van der Waals surface area contributed by atoms with E-state index >= 15 is 0 Å². The van der Waals surface area contributed by atoms with Crippen molar-refractivity contribution in [1.82, 2.24) is 10.2 Å². The average Bonchev–Trinajstić information content (AvgIpc) is 2.95. The number of likely N-dealkylation sites (N-methyl/N-ethyl adjacent to an activating group) is 1. The minimum atomic E-state index is 0.580. The Morgan fingerprint density at radius 1 is 1.21 bits per heavy atom. The van der Waals surface area contributed by atoms with Gasteiger partial charge in [0.15, 0.2) is 0 Å². The molecule has 0 aromatic carbocycles. The van der Waals surface area contributed by atoms with E-state index in [2.05, 4.69) is 45.0 Å². The molecule has 1 aliphatic carbocycles. The first-order valence-electron chi connectivity index (χ1n) is 5.99. The van der Waals surface area contributed by atoms with Crippen LogP contribution in [0.3, 0.4) is 0 Å². The van der Waals surface area contributed by atoms with Crippen molar-refractivity contribution in [2.24, 2.45) is 5.92 Å². The van der Waals surface area contributed by atoms with Crippen molar-refractivity contribution in [3.05, 3.63) is 0 Å². The van der Waals surface area contributed by atoms with Gasteiger partial charge in [-0.3, -0.25) is 4.90 Å². The summed E-state index contributed by atoms with van der Waals surface area (Å²) in [6, 6.07) is 1.89. The van der Waals surface area contributed by atoms with E-state index in [4.69, 9.17) is 0 Å². The molecule has 0 bridgehead atoms. The average molecular weight is 198 g/mol. The van der Waals surface area contributed by atoms with Crippen LogP contribution in [0.15, 0.2) is 0 Å². The third-order valence-electron chi connectivity index (χ3n) is 3.53. The van der Waals surface area contributed by atoms with E-state index in [1.165, 1.54) is 19.4 Å². The first-order valence-corrected chi connectivity index (χ1v) is 5.99. The van der Waals surface area contributed by atoms with Crippen LogP contribution in [0.5, 0.6) is 0 Å². The molecular formula is C12H26N2. The topological polar surface area (TPSA) is 15.3 Å². The Morgan fingerprint density at radius 2 is 1.79 bits per heavy atom. The van der Waals surface area contributed by atoms with E-state index in [9.17, 15) is 0 Å². The van der Waals surface area contributed by atoms with E-state index in [-0.39, 0.29) is 0 Å². The molecule has 2 nitrogen and oxygen atoms in total. The van der Waals surface area contributed by atoms with Gasteiger partial charge in [-0.1, -0.05) is 0 Å². The van der Waals surface area contributed by atoms with Crippen LogP contribution in [0.4, 0.5) is 0 Å². The first-order chi connectivity index (χ1) is 6.56. The zero-order valence-electron chi connectivity index (χ0n) is 10.4. The molecule has 0 aliphatic heterocycles. The second kappa shape index (κ2) is 5.13. The van der Waals surface area contributed by atoms with Crippen LogP contribution in [0.1, 0.15) is 40.5 Å². The van der Waals surface area contributed by atoms with Gasteiger partial charge < -0.3 is 5.32 Å². The van der Waals surface area contributed by atoms with Crippen molar-refractivity contribution in [3.8, 4) is 0 Å². The summed E-state index contributed by atoms with van der Waals surface area (Å²) in [5, 5.41) is 3.35. The van der Waals surface area contributed by atoms with Gasteiger partial charge in [-0.2, -0.15) is 0 Å². The maximum Gasteiger partial charge on any atom is 0.0221 e. The fraction of sp³-hybridized carbons (Fsp3) is 1.00. The summed E-state index contributed by atoms with van der Waals surface area (Å²) in [6.45, 7) is 10.5. The van der Waals surface area contributed by atoms with Crippen LogP contribution in [0.25, 0.3) is 0 Å². The van der Waals surface area contributed by atoms with Crippen molar-refractivity contribution in [1.29, 1.82) is 0 Å². The molecule has 0 aromatic rings. The van der Waals surface area contributed by atoms with Gasteiger partial charge in [0, 0.05) is 24.7 Å². The molecule has 0 saturated heterocycles. The lowest BCUT2D eigenvalue weighted by Crippen LogP contribution is -2.49. The maximum atomic E-state index is 3.35. The fourth-order valence-corrected chi connectivity index (χ4v) is 1.97. The smallest absolute Gasteiger partial charge is 0.0221 e. The fourth-order valence-electron chi connectivity index (χ4n) is 1.97. The SMILES string of the molecule is CNC(C)C(C)N(CC1CC1)C(C)C. The predicted molar refractivity (Wildman–Crippen MR) is 62.5 cm³/mol. The molecule has 2 heteroatoms. The molecule has 1 fully saturated rings. The van der Waals surface area contributed by atoms with Crippen molar-refractivity contribution in [3.63, 3.8) is 0 Å². The maximum absolute atomic E-state index is 3.35. The highest BCUT2D eigenvalue weighted by molar-refractivity contribution is 4.84. The molecule has 0 heterocycles. The van der Waals surface area contributed by atoms with Gasteiger partial charge >= 0.3 is 0 Å². The summed E-state index contributed by atoms with van der Waals surface area (Å²) in [6.07, 6.45) is 2.90. The number of rotatable bonds is 6. The van der Waals surface area contributed by atoms with E-state index in [0.29, 0.717) is 18.1 Å². The molecule has 1 aliphatic rings. The zero-order chi connectivity index (χ0) is 10.7. The third-order valence-corrected chi connectivity index (χ3v) is 3.53. The summed E-state index contributed by atoms with van der Waals surface area (Å²) >= 11 is 0. The molecule has 84 valence electrons. The molecular weight excluding hydrogens is 172 g/mol. The number of nitrogens with one attached hydrogen (secondary N) is 1. The van der Waals surface area contributed by atoms with Gasteiger partial charge in [0.2, 0.25) is 0 Å². The zero-order valence-corrected chi connectivity index (χ0v) is 10.4. The quantitative estimate of drug-likeness (QED) is 0.703. The van der Waals surface area contributed by atoms with Crippen molar-refractivity contribution in [2.45, 2.75) is 58.7 Å². The highest BCUT2D eigenvalue weighted by atomic mass is 15.2. The molecule has 2 atom stereocenters. The lowest BCUT2D eigenvalue weighted by Gasteiger charge is -2.36. The molecule has 14 heavy (non-hydrogen) atoms. The van der Waals surface area contributed by atoms with Gasteiger partial charge in [-0.25, -0.2) is 0 Å². The molecule has 0 amide bonds. The molecule has 1 rings (SSSR count). The number of hydrogen-bond acceptors (Lipinski definition) is 2. The van der Waals surface area contributed by atoms with E-state index in [1.807, 2.05) is 0 Å². The Labute approximate surface area is 89.1 Å². The van der Waals surface area contributed by atoms with E-state index < -0.39 is 0 Å². The van der Waals surface area contributed by atoms with E-state index in [0.717, 1.165) is 5.92 Å². The summed E-state index contributed by atoms with van der Waals surface area (Å²) in [7, 11) is 2.05. The van der Waals surface area contributed by atoms with Gasteiger partial charge in [0.25, 0.3) is 0 Å². The van der Waals surface area contributed by atoms with Gasteiger partial charge in [-0.05, 0) is 53.5 Å². The van der Waals surface area contributed by atoms with Crippen LogP contribution in [0, 0.1) is 5.92 Å². The highest BCUT2D eigenvalue weighted by Crippen LogP contribution is 2.31.